The van der Waals surface area contributed by atoms with E-state index in [1.807, 2.05) is 0 Å². The highest BCUT2D eigenvalue weighted by Gasteiger charge is 2.39. The number of aliphatic hydroxyl groups excluding tert-OH is 1. The van der Waals surface area contributed by atoms with Gasteiger partial charge in [0.25, 0.3) is 0 Å². The van der Waals surface area contributed by atoms with E-state index in [0.717, 1.165) is 12.8 Å². The fourth-order valence-electron chi connectivity index (χ4n) is 3.08. The van der Waals surface area contributed by atoms with E-state index in [2.05, 4.69) is 25.7 Å². The summed E-state index contributed by atoms with van der Waals surface area (Å²) in [5, 5.41) is 9.71. The van der Waals surface area contributed by atoms with Crippen LogP contribution < -0.4 is 0 Å². The van der Waals surface area contributed by atoms with E-state index in [9.17, 15) is 5.11 Å². The van der Waals surface area contributed by atoms with Crippen molar-refractivity contribution in [2.45, 2.75) is 71.1 Å². The second-order valence-electron chi connectivity index (χ2n) is 6.56. The van der Waals surface area contributed by atoms with Gasteiger partial charge in [-0.2, -0.15) is 0 Å². The molecule has 2 rings (SSSR count). The summed E-state index contributed by atoms with van der Waals surface area (Å²) in [4.78, 5) is 2.66. The van der Waals surface area contributed by atoms with Gasteiger partial charge in [-0.05, 0) is 44.1 Å². The summed E-state index contributed by atoms with van der Waals surface area (Å²) in [5.41, 5.74) is 0.440. The molecule has 1 N–H and O–H groups in total. The molecule has 2 nitrogen and oxygen atoms in total. The van der Waals surface area contributed by atoms with Crippen LogP contribution in [0.25, 0.3) is 0 Å². The van der Waals surface area contributed by atoms with Crippen molar-refractivity contribution in [3.05, 3.63) is 0 Å². The van der Waals surface area contributed by atoms with E-state index in [0.29, 0.717) is 17.5 Å². The molecule has 0 spiro atoms. The molecule has 2 bridgehead atoms. The fourth-order valence-corrected chi connectivity index (χ4v) is 3.08. The zero-order valence-electron chi connectivity index (χ0n) is 10.4. The third-order valence-corrected chi connectivity index (χ3v) is 3.98. The molecule has 2 fully saturated rings. The highest BCUT2D eigenvalue weighted by atomic mass is 16.3. The first-order valence-electron chi connectivity index (χ1n) is 6.39. The molecule has 88 valence electrons. The molecule has 15 heavy (non-hydrogen) atoms. The first-order valence-corrected chi connectivity index (χ1v) is 6.39. The molecule has 0 saturated carbocycles. The van der Waals surface area contributed by atoms with Crippen molar-refractivity contribution in [2.75, 3.05) is 6.54 Å². The quantitative estimate of drug-likeness (QED) is 0.758. The van der Waals surface area contributed by atoms with Crippen molar-refractivity contribution in [1.29, 1.82) is 0 Å². The lowest BCUT2D eigenvalue weighted by molar-refractivity contribution is 0.0303. The van der Waals surface area contributed by atoms with Crippen molar-refractivity contribution < 1.29 is 5.11 Å². The van der Waals surface area contributed by atoms with Crippen LogP contribution in [0.3, 0.4) is 0 Å². The Bertz CT molecular complexity index is 207. The van der Waals surface area contributed by atoms with Gasteiger partial charge in [-0.15, -0.1) is 0 Å². The molecule has 0 aromatic carbocycles. The Morgan fingerprint density at radius 3 is 2.13 bits per heavy atom. The lowest BCUT2D eigenvalue weighted by Gasteiger charge is -2.38. The first-order chi connectivity index (χ1) is 6.96. The number of fused-ring (bicyclic) bond motifs is 2. The Balaban J connectivity index is 1.89. The van der Waals surface area contributed by atoms with Gasteiger partial charge < -0.3 is 5.11 Å². The van der Waals surface area contributed by atoms with Gasteiger partial charge in [-0.3, -0.25) is 4.90 Å². The van der Waals surface area contributed by atoms with E-state index < -0.39 is 0 Å². The average Bonchev–Trinajstić information content (AvgIpc) is 2.33. The maximum atomic E-state index is 9.71. The Kier molecular flexibility index (Phi) is 3.09. The summed E-state index contributed by atoms with van der Waals surface area (Å²) in [5.74, 6) is 0. The van der Waals surface area contributed by atoms with Crippen molar-refractivity contribution in [3.63, 3.8) is 0 Å². The van der Waals surface area contributed by atoms with Gasteiger partial charge in [0, 0.05) is 12.1 Å². The molecule has 0 amide bonds. The van der Waals surface area contributed by atoms with E-state index >= 15 is 0 Å². The molecule has 2 unspecified atom stereocenters. The molecule has 0 aliphatic carbocycles. The predicted octanol–water partition coefficient (Wildman–Crippen LogP) is 2.41. The van der Waals surface area contributed by atoms with Crippen LogP contribution in [-0.4, -0.2) is 34.7 Å². The molecule has 2 heteroatoms. The van der Waals surface area contributed by atoms with Gasteiger partial charge in [0.15, 0.2) is 0 Å². The van der Waals surface area contributed by atoms with Crippen LogP contribution in [-0.2, 0) is 0 Å². The molecule has 2 aliphatic heterocycles. The summed E-state index contributed by atoms with van der Waals surface area (Å²) in [7, 11) is 0. The van der Waals surface area contributed by atoms with Crippen LogP contribution in [0.4, 0.5) is 0 Å². The van der Waals surface area contributed by atoms with Crippen LogP contribution in [0, 0.1) is 5.41 Å². The Hall–Kier alpha value is -0.0800. The number of piperidine rings is 1. The maximum Gasteiger partial charge on any atom is 0.0570 e. The molecule has 2 heterocycles. The zero-order chi connectivity index (χ0) is 11.1. The van der Waals surface area contributed by atoms with Gasteiger partial charge in [0.05, 0.1) is 6.10 Å². The molecule has 0 radical (unpaired) electrons. The lowest BCUT2D eigenvalue weighted by Crippen LogP contribution is -2.45. The smallest absolute Gasteiger partial charge is 0.0570 e. The minimum Gasteiger partial charge on any atom is -0.393 e. The van der Waals surface area contributed by atoms with E-state index in [-0.39, 0.29) is 6.10 Å². The largest absolute Gasteiger partial charge is 0.393 e. The number of rotatable bonds is 2. The average molecular weight is 211 g/mol. The van der Waals surface area contributed by atoms with Crippen LogP contribution in [0.15, 0.2) is 0 Å². The molecular weight excluding hydrogens is 186 g/mol. The second kappa shape index (κ2) is 4.06. The molecule has 0 aromatic rings. The SMILES string of the molecule is CC(C)(C)CCN1C2CCC1CC(O)C2. The fraction of sp³-hybridized carbons (Fsp3) is 1.00. The number of aliphatic hydroxyl groups is 1. The second-order valence-corrected chi connectivity index (χ2v) is 6.56. The van der Waals surface area contributed by atoms with Gasteiger partial charge in [0.2, 0.25) is 0 Å². The van der Waals surface area contributed by atoms with Gasteiger partial charge in [0.1, 0.15) is 0 Å². The molecule has 0 aromatic heterocycles. The first kappa shape index (κ1) is 11.4. The van der Waals surface area contributed by atoms with E-state index in [1.165, 1.54) is 25.8 Å². The van der Waals surface area contributed by atoms with Crippen molar-refractivity contribution in [1.82, 2.24) is 4.90 Å². The maximum absolute atomic E-state index is 9.71. The minimum absolute atomic E-state index is 0.0200. The van der Waals surface area contributed by atoms with Crippen molar-refractivity contribution >= 4 is 0 Å². The van der Waals surface area contributed by atoms with Crippen LogP contribution >= 0.6 is 0 Å². The van der Waals surface area contributed by atoms with E-state index in [1.54, 1.807) is 0 Å². The van der Waals surface area contributed by atoms with Gasteiger partial charge in [-0.1, -0.05) is 20.8 Å². The minimum atomic E-state index is -0.0200. The van der Waals surface area contributed by atoms with Gasteiger partial charge >= 0.3 is 0 Å². The Labute approximate surface area is 93.7 Å². The summed E-state index contributed by atoms with van der Waals surface area (Å²) in [6.45, 7) is 8.17. The summed E-state index contributed by atoms with van der Waals surface area (Å²) in [6, 6.07) is 1.36. The van der Waals surface area contributed by atoms with Crippen LogP contribution in [0.5, 0.6) is 0 Å². The predicted molar refractivity (Wildman–Crippen MR) is 62.8 cm³/mol. The number of nitrogens with zero attached hydrogens (tertiary/aromatic N) is 1. The summed E-state index contributed by atoms with van der Waals surface area (Å²) in [6.07, 6.45) is 5.91. The van der Waals surface area contributed by atoms with Gasteiger partial charge in [-0.25, -0.2) is 0 Å². The standard InChI is InChI=1S/C13H25NO/c1-13(2,3)6-7-14-10-4-5-11(14)9-12(15)8-10/h10-12,15H,4-9H2,1-3H3. The van der Waals surface area contributed by atoms with E-state index in [4.69, 9.17) is 0 Å². The molecular formula is C13H25NO. The monoisotopic (exact) mass is 211 g/mol. The summed E-state index contributed by atoms with van der Waals surface area (Å²) < 4.78 is 0. The molecule has 2 atom stereocenters. The topological polar surface area (TPSA) is 23.5 Å². The third kappa shape index (κ3) is 2.73. The van der Waals surface area contributed by atoms with Crippen molar-refractivity contribution in [2.24, 2.45) is 5.41 Å². The lowest BCUT2D eigenvalue weighted by atomic mass is 9.90. The summed E-state index contributed by atoms with van der Waals surface area (Å²) >= 11 is 0. The Morgan fingerprint density at radius 2 is 1.67 bits per heavy atom. The number of hydrogen-bond acceptors (Lipinski definition) is 2. The normalized spacial score (nSPS) is 37.2. The zero-order valence-corrected chi connectivity index (χ0v) is 10.4. The Morgan fingerprint density at radius 1 is 1.13 bits per heavy atom. The van der Waals surface area contributed by atoms with Crippen LogP contribution in [0.2, 0.25) is 0 Å². The molecule has 2 aliphatic rings. The number of hydrogen-bond donors (Lipinski definition) is 1. The molecule has 2 saturated heterocycles. The highest BCUT2D eigenvalue weighted by molar-refractivity contribution is 4.95. The highest BCUT2D eigenvalue weighted by Crippen LogP contribution is 2.36. The van der Waals surface area contributed by atoms with Crippen molar-refractivity contribution in [3.8, 4) is 0 Å². The third-order valence-electron chi connectivity index (χ3n) is 3.98. The van der Waals surface area contributed by atoms with Crippen LogP contribution in [0.1, 0.15) is 52.9 Å².